The van der Waals surface area contributed by atoms with Crippen LogP contribution in [0, 0.1) is 10.7 Å². The molecule has 0 radical (unpaired) electrons. The highest BCUT2D eigenvalue weighted by Crippen LogP contribution is 2.37. The molecular formula is C18H21N5O3S. The summed E-state index contributed by atoms with van der Waals surface area (Å²) in [7, 11) is -3.89. The molecule has 0 spiro atoms. The number of nitrogens with zero attached hydrogens (tertiary/aromatic N) is 3. The first-order valence-electron chi connectivity index (χ1n) is 8.79. The van der Waals surface area contributed by atoms with Crippen molar-refractivity contribution in [2.75, 3.05) is 11.9 Å². The quantitative estimate of drug-likeness (QED) is 0.590. The second kappa shape index (κ2) is 7.26. The third kappa shape index (κ3) is 4.10. The van der Waals surface area contributed by atoms with Crippen molar-refractivity contribution in [2.24, 2.45) is 5.92 Å². The molecule has 2 heterocycles. The van der Waals surface area contributed by atoms with Crippen molar-refractivity contribution < 1.29 is 12.9 Å². The Hall–Kier alpha value is -2.49. The normalized spacial score (nSPS) is 22.0. The van der Waals surface area contributed by atoms with Crippen molar-refractivity contribution in [3.8, 4) is 0 Å². The summed E-state index contributed by atoms with van der Waals surface area (Å²) in [5.74, 6) is 0.923. The van der Waals surface area contributed by atoms with E-state index in [1.807, 2.05) is 42.6 Å². The summed E-state index contributed by atoms with van der Waals surface area (Å²) in [6.45, 7) is 0.129. The summed E-state index contributed by atoms with van der Waals surface area (Å²) in [6.07, 6.45) is 6.22. The SMILES string of the molecule is N=S(=O)(O)OC[C@H]1CC[C@H](n2ccc3c(Nc4ccccc4)ncnc32)C1. The molecule has 0 saturated heterocycles. The highest BCUT2D eigenvalue weighted by atomic mass is 32.2. The van der Waals surface area contributed by atoms with Crippen molar-refractivity contribution in [2.45, 2.75) is 25.3 Å². The minimum atomic E-state index is -3.89. The van der Waals surface area contributed by atoms with Crippen LogP contribution in [0.5, 0.6) is 0 Å². The summed E-state index contributed by atoms with van der Waals surface area (Å²) in [6, 6.07) is 12.1. The summed E-state index contributed by atoms with van der Waals surface area (Å²) >= 11 is 0. The molecule has 142 valence electrons. The van der Waals surface area contributed by atoms with E-state index in [1.54, 1.807) is 6.33 Å². The molecule has 1 saturated carbocycles. The topological polar surface area (TPSA) is 113 Å². The molecule has 1 aromatic carbocycles. The van der Waals surface area contributed by atoms with Crippen LogP contribution in [0.4, 0.5) is 11.5 Å². The molecule has 0 amide bonds. The van der Waals surface area contributed by atoms with Crippen molar-refractivity contribution in [1.82, 2.24) is 14.5 Å². The van der Waals surface area contributed by atoms with Gasteiger partial charge >= 0.3 is 0 Å². The van der Waals surface area contributed by atoms with Crippen LogP contribution in [0.1, 0.15) is 25.3 Å². The van der Waals surface area contributed by atoms with Gasteiger partial charge in [0.15, 0.2) is 0 Å². The Morgan fingerprint density at radius 3 is 2.85 bits per heavy atom. The van der Waals surface area contributed by atoms with Crippen LogP contribution in [0.3, 0.4) is 0 Å². The predicted octanol–water partition coefficient (Wildman–Crippen LogP) is 3.97. The van der Waals surface area contributed by atoms with Gasteiger partial charge in [-0.05, 0) is 43.4 Å². The minimum absolute atomic E-state index is 0.129. The van der Waals surface area contributed by atoms with Gasteiger partial charge in [0, 0.05) is 17.9 Å². The number of nitrogens with one attached hydrogen (secondary N) is 2. The van der Waals surface area contributed by atoms with Crippen LogP contribution in [0.15, 0.2) is 48.9 Å². The zero-order chi connectivity index (χ0) is 18.9. The number of para-hydroxylation sites is 1. The largest absolute Gasteiger partial charge is 0.340 e. The maximum atomic E-state index is 11.0. The van der Waals surface area contributed by atoms with Crippen LogP contribution >= 0.6 is 0 Å². The number of hydrogen-bond acceptors (Lipinski definition) is 6. The first kappa shape index (κ1) is 17.9. The Kier molecular flexibility index (Phi) is 4.81. The minimum Gasteiger partial charge on any atom is -0.340 e. The number of hydrogen-bond donors (Lipinski definition) is 3. The zero-order valence-electron chi connectivity index (χ0n) is 14.6. The van der Waals surface area contributed by atoms with Gasteiger partial charge in [0.05, 0.1) is 12.0 Å². The molecule has 3 atom stereocenters. The molecule has 0 bridgehead atoms. The van der Waals surface area contributed by atoms with E-state index in [4.69, 9.17) is 13.5 Å². The lowest BCUT2D eigenvalue weighted by molar-refractivity contribution is 0.239. The third-order valence-electron chi connectivity index (χ3n) is 4.92. The molecule has 4 rings (SSSR count). The summed E-state index contributed by atoms with van der Waals surface area (Å²) in [4.78, 5) is 8.84. The summed E-state index contributed by atoms with van der Waals surface area (Å²) < 4.78 is 33.8. The van der Waals surface area contributed by atoms with E-state index in [-0.39, 0.29) is 18.6 Å². The highest BCUT2D eigenvalue weighted by Gasteiger charge is 2.28. The summed E-state index contributed by atoms with van der Waals surface area (Å²) in [5.41, 5.74) is 1.83. The first-order valence-corrected chi connectivity index (χ1v) is 10.2. The third-order valence-corrected chi connectivity index (χ3v) is 5.37. The van der Waals surface area contributed by atoms with E-state index < -0.39 is 10.3 Å². The molecule has 1 aliphatic rings. The van der Waals surface area contributed by atoms with E-state index in [0.29, 0.717) is 0 Å². The lowest BCUT2D eigenvalue weighted by atomic mass is 10.1. The van der Waals surface area contributed by atoms with E-state index in [1.165, 1.54) is 0 Å². The Morgan fingerprint density at radius 1 is 1.26 bits per heavy atom. The Bertz CT molecular complexity index is 1040. The second-order valence-corrected chi connectivity index (χ2v) is 7.95. The number of rotatable bonds is 6. The number of anilines is 2. The van der Waals surface area contributed by atoms with Crippen molar-refractivity contribution in [3.63, 3.8) is 0 Å². The molecule has 2 aromatic heterocycles. The molecular weight excluding hydrogens is 366 g/mol. The van der Waals surface area contributed by atoms with Crippen LogP contribution in [0.2, 0.25) is 0 Å². The van der Waals surface area contributed by atoms with Crippen LogP contribution in [-0.2, 0) is 14.5 Å². The lowest BCUT2D eigenvalue weighted by Gasteiger charge is -2.14. The molecule has 1 unspecified atom stereocenters. The predicted molar refractivity (Wildman–Crippen MR) is 103 cm³/mol. The van der Waals surface area contributed by atoms with Gasteiger partial charge in [0.1, 0.15) is 17.8 Å². The smallest absolute Gasteiger partial charge is 0.287 e. The second-order valence-electron chi connectivity index (χ2n) is 6.77. The van der Waals surface area contributed by atoms with E-state index in [9.17, 15) is 4.21 Å². The van der Waals surface area contributed by atoms with E-state index in [2.05, 4.69) is 19.9 Å². The lowest BCUT2D eigenvalue weighted by Crippen LogP contribution is -2.12. The van der Waals surface area contributed by atoms with Crippen molar-refractivity contribution in [1.29, 1.82) is 4.78 Å². The molecule has 1 fully saturated rings. The van der Waals surface area contributed by atoms with E-state index >= 15 is 0 Å². The van der Waals surface area contributed by atoms with Gasteiger partial charge in [-0.1, -0.05) is 18.2 Å². The molecule has 27 heavy (non-hydrogen) atoms. The molecule has 3 N–H and O–H groups in total. The number of fused-ring (bicyclic) bond motifs is 1. The monoisotopic (exact) mass is 387 g/mol. The fourth-order valence-corrected chi connectivity index (χ4v) is 4.04. The molecule has 8 nitrogen and oxygen atoms in total. The maximum absolute atomic E-state index is 11.0. The number of benzene rings is 1. The average molecular weight is 387 g/mol. The summed E-state index contributed by atoms with van der Waals surface area (Å²) in [5, 5.41) is 4.28. The van der Waals surface area contributed by atoms with Gasteiger partial charge in [-0.15, -0.1) is 0 Å². The van der Waals surface area contributed by atoms with Gasteiger partial charge in [0.25, 0.3) is 10.3 Å². The molecule has 1 aliphatic carbocycles. The van der Waals surface area contributed by atoms with Crippen molar-refractivity contribution >= 4 is 32.8 Å². The van der Waals surface area contributed by atoms with Crippen LogP contribution < -0.4 is 5.32 Å². The fraction of sp³-hybridized carbons (Fsp3) is 0.333. The average Bonchev–Trinajstić information content (AvgIpc) is 3.27. The van der Waals surface area contributed by atoms with Crippen LogP contribution in [-0.4, -0.2) is 29.9 Å². The van der Waals surface area contributed by atoms with Crippen molar-refractivity contribution in [3.05, 3.63) is 48.9 Å². The van der Waals surface area contributed by atoms with Gasteiger partial charge in [-0.2, -0.15) is 4.21 Å². The van der Waals surface area contributed by atoms with Gasteiger partial charge in [-0.25, -0.2) is 14.7 Å². The molecule has 3 aromatic rings. The standard InChI is InChI=1S/C18H21N5O3S/c19-27(24,25)26-11-13-6-7-15(10-13)23-9-8-16-17(20-12-21-18(16)23)22-14-4-2-1-3-5-14/h1-5,8-9,12-13,15H,6-7,10-11H2,(H2,19,24,25)(H,20,21,22)/t13-,15-/m0/s1. The van der Waals surface area contributed by atoms with Gasteiger partial charge in [0.2, 0.25) is 0 Å². The Morgan fingerprint density at radius 2 is 2.07 bits per heavy atom. The Balaban J connectivity index is 1.53. The fourth-order valence-electron chi connectivity index (χ4n) is 3.66. The molecule has 0 aliphatic heterocycles. The van der Waals surface area contributed by atoms with Gasteiger partial charge < -0.3 is 9.88 Å². The van der Waals surface area contributed by atoms with Crippen LogP contribution in [0.25, 0.3) is 11.0 Å². The highest BCUT2D eigenvalue weighted by molar-refractivity contribution is 7.82. The van der Waals surface area contributed by atoms with Gasteiger partial charge in [-0.3, -0.25) is 8.74 Å². The molecule has 9 heteroatoms. The first-order chi connectivity index (χ1) is 13.0. The Labute approximate surface area is 157 Å². The van der Waals surface area contributed by atoms with E-state index in [0.717, 1.165) is 41.8 Å². The maximum Gasteiger partial charge on any atom is 0.287 e. The zero-order valence-corrected chi connectivity index (χ0v) is 15.4. The number of aromatic nitrogens is 3.